The normalized spacial score (nSPS) is 18.9. The van der Waals surface area contributed by atoms with Crippen LogP contribution in [-0.2, 0) is 4.79 Å². The van der Waals surface area contributed by atoms with Crippen molar-refractivity contribution in [1.29, 1.82) is 0 Å². The first-order chi connectivity index (χ1) is 9.63. The Hall–Kier alpha value is -0.930. The van der Waals surface area contributed by atoms with Crippen molar-refractivity contribution in [1.82, 2.24) is 4.90 Å². The molecule has 5 heteroatoms. The first-order valence-electron chi connectivity index (χ1n) is 6.99. The molecule has 0 aromatic heterocycles. The van der Waals surface area contributed by atoms with E-state index in [-0.39, 0.29) is 12.5 Å². The first-order valence-corrected chi connectivity index (χ1v) is 7.75. The molecule has 20 heavy (non-hydrogen) atoms. The van der Waals surface area contributed by atoms with Gasteiger partial charge in [0.2, 0.25) is 0 Å². The third-order valence-corrected chi connectivity index (χ3v) is 4.49. The lowest BCUT2D eigenvalue weighted by Crippen LogP contribution is -2.45. The number of halogens is 2. The van der Waals surface area contributed by atoms with Crippen LogP contribution in [-0.4, -0.2) is 30.0 Å². The Morgan fingerprint density at radius 1 is 1.40 bits per heavy atom. The summed E-state index contributed by atoms with van der Waals surface area (Å²) in [6.07, 6.45) is 4.34. The van der Waals surface area contributed by atoms with Crippen LogP contribution in [0.2, 0.25) is 10.0 Å². The number of ether oxygens (including phenoxy) is 1. The summed E-state index contributed by atoms with van der Waals surface area (Å²) < 4.78 is 5.52. The zero-order chi connectivity index (χ0) is 14.5. The molecule has 0 aliphatic carbocycles. The van der Waals surface area contributed by atoms with Crippen LogP contribution >= 0.6 is 23.2 Å². The summed E-state index contributed by atoms with van der Waals surface area (Å²) in [7, 11) is 0. The van der Waals surface area contributed by atoms with E-state index in [0.29, 0.717) is 21.8 Å². The van der Waals surface area contributed by atoms with Crippen molar-refractivity contribution in [3.8, 4) is 5.75 Å². The molecule has 1 atom stereocenters. The highest BCUT2D eigenvalue weighted by atomic mass is 35.5. The van der Waals surface area contributed by atoms with E-state index >= 15 is 0 Å². The first kappa shape index (κ1) is 15.5. The summed E-state index contributed by atoms with van der Waals surface area (Å²) >= 11 is 12.0. The number of nitrogens with zero attached hydrogens (tertiary/aromatic N) is 1. The van der Waals surface area contributed by atoms with Gasteiger partial charge in [-0.25, -0.2) is 0 Å². The third-order valence-electron chi connectivity index (χ3n) is 3.69. The van der Waals surface area contributed by atoms with Gasteiger partial charge in [0.05, 0.1) is 5.02 Å². The van der Waals surface area contributed by atoms with Crippen molar-refractivity contribution in [3.05, 3.63) is 28.2 Å². The quantitative estimate of drug-likeness (QED) is 0.834. The van der Waals surface area contributed by atoms with Crippen molar-refractivity contribution < 1.29 is 9.53 Å². The lowest BCUT2D eigenvalue weighted by Gasteiger charge is -2.35. The molecular weight excluding hydrogens is 297 g/mol. The molecule has 0 radical (unpaired) electrons. The highest BCUT2D eigenvalue weighted by Crippen LogP contribution is 2.31. The number of hydrogen-bond acceptors (Lipinski definition) is 2. The maximum absolute atomic E-state index is 12.3. The molecule has 0 unspecified atom stereocenters. The number of piperidine rings is 1. The van der Waals surface area contributed by atoms with Crippen LogP contribution in [0.3, 0.4) is 0 Å². The number of carbonyl (C=O) groups excluding carboxylic acids is 1. The van der Waals surface area contributed by atoms with Crippen molar-refractivity contribution in [2.45, 2.75) is 38.6 Å². The molecule has 2 rings (SSSR count). The molecule has 0 spiro atoms. The summed E-state index contributed by atoms with van der Waals surface area (Å²) in [4.78, 5) is 14.2. The Morgan fingerprint density at radius 3 is 2.95 bits per heavy atom. The number of carbonyl (C=O) groups is 1. The van der Waals surface area contributed by atoms with Gasteiger partial charge < -0.3 is 9.64 Å². The van der Waals surface area contributed by atoms with Crippen LogP contribution in [0.1, 0.15) is 32.6 Å². The van der Waals surface area contributed by atoms with E-state index in [1.165, 1.54) is 6.42 Å². The van der Waals surface area contributed by atoms with Crippen LogP contribution in [0.25, 0.3) is 0 Å². The highest BCUT2D eigenvalue weighted by Gasteiger charge is 2.25. The molecule has 3 nitrogen and oxygen atoms in total. The SMILES string of the molecule is CC[C@H]1CCCCN1C(=O)COc1cccc(Cl)c1Cl. The van der Waals surface area contributed by atoms with Gasteiger partial charge >= 0.3 is 0 Å². The van der Waals surface area contributed by atoms with Crippen LogP contribution in [0.4, 0.5) is 0 Å². The van der Waals surface area contributed by atoms with Crippen molar-refractivity contribution >= 4 is 29.1 Å². The minimum absolute atomic E-state index is 0.0105. The Morgan fingerprint density at radius 2 is 2.20 bits per heavy atom. The fourth-order valence-corrected chi connectivity index (χ4v) is 2.92. The van der Waals surface area contributed by atoms with Gasteiger partial charge in [-0.15, -0.1) is 0 Å². The minimum atomic E-state index is 0.0105. The maximum Gasteiger partial charge on any atom is 0.260 e. The molecular formula is C15H19Cl2NO2. The Kier molecular flexibility index (Phi) is 5.55. The van der Waals surface area contributed by atoms with E-state index < -0.39 is 0 Å². The molecule has 1 saturated heterocycles. The topological polar surface area (TPSA) is 29.5 Å². The van der Waals surface area contributed by atoms with Gasteiger partial charge in [-0.2, -0.15) is 0 Å². The van der Waals surface area contributed by atoms with E-state index in [1.807, 2.05) is 4.90 Å². The lowest BCUT2D eigenvalue weighted by atomic mass is 10.00. The fourth-order valence-electron chi connectivity index (χ4n) is 2.57. The Balaban J connectivity index is 1.96. The Bertz CT molecular complexity index is 479. The summed E-state index contributed by atoms with van der Waals surface area (Å²) in [5.41, 5.74) is 0. The zero-order valence-corrected chi connectivity index (χ0v) is 13.1. The molecule has 1 aromatic rings. The smallest absolute Gasteiger partial charge is 0.260 e. The maximum atomic E-state index is 12.3. The van der Waals surface area contributed by atoms with Crippen molar-refractivity contribution in [2.75, 3.05) is 13.2 Å². The average molecular weight is 316 g/mol. The molecule has 0 bridgehead atoms. The van der Waals surface area contributed by atoms with Gasteiger partial charge in [0, 0.05) is 12.6 Å². The summed E-state index contributed by atoms with van der Waals surface area (Å²) in [6, 6.07) is 5.50. The van der Waals surface area contributed by atoms with Crippen molar-refractivity contribution in [3.63, 3.8) is 0 Å². The molecule has 110 valence electrons. The summed E-state index contributed by atoms with van der Waals surface area (Å²) in [5, 5.41) is 0.786. The summed E-state index contributed by atoms with van der Waals surface area (Å²) in [5.74, 6) is 0.477. The van der Waals surface area contributed by atoms with E-state index in [0.717, 1.165) is 25.8 Å². The van der Waals surface area contributed by atoms with Gasteiger partial charge in [0.25, 0.3) is 5.91 Å². The number of rotatable bonds is 4. The van der Waals surface area contributed by atoms with Gasteiger partial charge in [-0.1, -0.05) is 36.2 Å². The molecule has 1 fully saturated rings. The lowest BCUT2D eigenvalue weighted by molar-refractivity contribution is -0.137. The fraction of sp³-hybridized carbons (Fsp3) is 0.533. The van der Waals surface area contributed by atoms with Gasteiger partial charge in [0.15, 0.2) is 6.61 Å². The minimum Gasteiger partial charge on any atom is -0.482 e. The third kappa shape index (κ3) is 3.58. The van der Waals surface area contributed by atoms with Crippen LogP contribution < -0.4 is 4.74 Å². The monoisotopic (exact) mass is 315 g/mol. The van der Waals surface area contributed by atoms with Gasteiger partial charge in [-0.05, 0) is 37.8 Å². The number of likely N-dealkylation sites (tertiary alicyclic amines) is 1. The van der Waals surface area contributed by atoms with Gasteiger partial charge in [0.1, 0.15) is 10.8 Å². The highest BCUT2D eigenvalue weighted by molar-refractivity contribution is 6.42. The largest absolute Gasteiger partial charge is 0.482 e. The number of amides is 1. The van der Waals surface area contributed by atoms with Crippen LogP contribution in [0, 0.1) is 0 Å². The predicted molar refractivity (Wildman–Crippen MR) is 81.6 cm³/mol. The molecule has 1 aliphatic rings. The second-order valence-corrected chi connectivity index (χ2v) is 5.77. The molecule has 1 heterocycles. The number of benzene rings is 1. The predicted octanol–water partition coefficient (Wildman–Crippen LogP) is 4.16. The van der Waals surface area contributed by atoms with E-state index in [1.54, 1.807) is 18.2 Å². The van der Waals surface area contributed by atoms with E-state index in [9.17, 15) is 4.79 Å². The molecule has 1 aromatic carbocycles. The van der Waals surface area contributed by atoms with Crippen LogP contribution in [0.5, 0.6) is 5.75 Å². The average Bonchev–Trinajstić information content (AvgIpc) is 2.48. The van der Waals surface area contributed by atoms with Crippen LogP contribution in [0.15, 0.2) is 18.2 Å². The molecule has 0 N–H and O–H groups in total. The zero-order valence-electron chi connectivity index (χ0n) is 11.6. The second-order valence-electron chi connectivity index (χ2n) is 4.99. The molecule has 0 saturated carbocycles. The van der Waals surface area contributed by atoms with E-state index in [4.69, 9.17) is 27.9 Å². The Labute approximate surface area is 129 Å². The molecule has 1 aliphatic heterocycles. The van der Waals surface area contributed by atoms with Crippen molar-refractivity contribution in [2.24, 2.45) is 0 Å². The summed E-state index contributed by atoms with van der Waals surface area (Å²) in [6.45, 7) is 2.95. The van der Waals surface area contributed by atoms with E-state index in [2.05, 4.69) is 6.92 Å². The second kappa shape index (κ2) is 7.19. The molecule has 1 amide bonds. The number of hydrogen-bond donors (Lipinski definition) is 0. The van der Waals surface area contributed by atoms with Gasteiger partial charge in [-0.3, -0.25) is 4.79 Å². The standard InChI is InChI=1S/C15H19Cl2NO2/c1-2-11-6-3-4-9-18(11)14(19)10-20-13-8-5-7-12(16)15(13)17/h5,7-8,11H,2-4,6,9-10H2,1H3/t11-/m0/s1.